The van der Waals surface area contributed by atoms with Gasteiger partial charge in [-0.1, -0.05) is 45.7 Å². The number of likely N-dealkylation sites (N-methyl/N-ethyl adjacent to an activating group) is 1. The van der Waals surface area contributed by atoms with E-state index >= 15 is 0 Å². The van der Waals surface area contributed by atoms with Crippen LogP contribution in [-0.2, 0) is 36.5 Å². The number of piperazine rings is 1. The number of Topliss-reactive ketones (excluding diaryl/α,β-unsaturated/α-hetero) is 1. The quantitative estimate of drug-likeness (QED) is 0.279. The van der Waals surface area contributed by atoms with Crippen LogP contribution in [0.1, 0.15) is 76.0 Å². The summed E-state index contributed by atoms with van der Waals surface area (Å²) < 4.78 is 39.7. The van der Waals surface area contributed by atoms with E-state index in [9.17, 15) is 23.1 Å². The first-order valence-corrected chi connectivity index (χ1v) is 18.1. The molecule has 2 heterocycles. The number of aromatic hydroxyl groups is 1. The highest BCUT2D eigenvalue weighted by atomic mass is 32.2. The summed E-state index contributed by atoms with van der Waals surface area (Å²) in [6.45, 7) is 9.80. The average molecular weight is 659 g/mol. The number of ketones is 1. The molecule has 9 nitrogen and oxygen atoms in total. The zero-order valence-electron chi connectivity index (χ0n) is 27.0. The summed E-state index contributed by atoms with van der Waals surface area (Å²) in [7, 11) is -2.03. The average Bonchev–Trinajstić information content (AvgIpc) is 3.52. The molecule has 0 bridgehead atoms. The van der Waals surface area contributed by atoms with Gasteiger partial charge >= 0.3 is 16.3 Å². The summed E-state index contributed by atoms with van der Waals surface area (Å²) in [6.07, 6.45) is 5.34. The van der Waals surface area contributed by atoms with Crippen LogP contribution >= 0.6 is 11.8 Å². The van der Waals surface area contributed by atoms with Gasteiger partial charge in [0.25, 0.3) is 0 Å². The Morgan fingerprint density at radius 2 is 1.69 bits per heavy atom. The summed E-state index contributed by atoms with van der Waals surface area (Å²) >= 11 is 1.19. The third-order valence-corrected chi connectivity index (χ3v) is 12.1. The molecule has 5 rings (SSSR count). The van der Waals surface area contributed by atoms with Crippen molar-refractivity contribution in [2.75, 3.05) is 33.2 Å². The van der Waals surface area contributed by atoms with Crippen molar-refractivity contribution in [3.63, 3.8) is 0 Å². The first-order chi connectivity index (χ1) is 21.2. The molecule has 0 aromatic heterocycles. The number of nitrogens with zero attached hydrogens (tertiary/aromatic N) is 2. The molecule has 3 fully saturated rings. The molecule has 2 aromatic rings. The Morgan fingerprint density at radius 3 is 2.29 bits per heavy atom. The van der Waals surface area contributed by atoms with E-state index in [4.69, 9.17) is 8.92 Å². The van der Waals surface area contributed by atoms with Crippen LogP contribution in [0.4, 0.5) is 0 Å². The molecule has 2 aromatic carbocycles. The van der Waals surface area contributed by atoms with Gasteiger partial charge in [-0.3, -0.25) is 9.59 Å². The van der Waals surface area contributed by atoms with Gasteiger partial charge in [0.15, 0.2) is 11.0 Å². The number of esters is 1. The highest BCUT2D eigenvalue weighted by Gasteiger charge is 2.52. The lowest BCUT2D eigenvalue weighted by molar-refractivity contribution is -0.177. The van der Waals surface area contributed by atoms with E-state index in [0.717, 1.165) is 41.7 Å². The second kappa shape index (κ2) is 13.3. The zero-order valence-corrected chi connectivity index (χ0v) is 28.6. The van der Waals surface area contributed by atoms with Crippen molar-refractivity contribution >= 4 is 33.8 Å². The number of benzene rings is 2. The number of carbonyl (C=O) groups is 2. The van der Waals surface area contributed by atoms with Gasteiger partial charge in [0.05, 0.1) is 0 Å². The molecule has 1 N–H and O–H groups in total. The first kappa shape index (κ1) is 33.8. The second-order valence-electron chi connectivity index (χ2n) is 13.9. The molecule has 1 saturated carbocycles. The highest BCUT2D eigenvalue weighted by molar-refractivity contribution is 8.01. The van der Waals surface area contributed by atoms with E-state index in [0.29, 0.717) is 44.6 Å². The van der Waals surface area contributed by atoms with Crippen molar-refractivity contribution in [3.05, 3.63) is 53.1 Å². The van der Waals surface area contributed by atoms with Gasteiger partial charge in [-0.25, -0.2) is 0 Å². The number of cyclic esters (lactones) is 1. The van der Waals surface area contributed by atoms with Crippen LogP contribution in [0.5, 0.6) is 11.5 Å². The molecular formula is C34H46N2O7S2. The number of hydrogen-bond acceptors (Lipinski definition) is 9. The van der Waals surface area contributed by atoms with Crippen LogP contribution in [0, 0.1) is 12.8 Å². The standard InChI is InChI=1S/C34H46N2O7S2/c1-23-20-30(27(33(2,3)4)21-29(23)43-45(40,41)36-18-16-35(5)17-19-36)44-31-28(38)22-34(42-32(31)39,25-8-6-7-9-25)15-14-24-10-12-26(37)13-11-24/h10-13,20-21,25,31,37H,6-9,14-19,22H2,1-5H3. The van der Waals surface area contributed by atoms with E-state index in [1.807, 2.05) is 46.0 Å². The van der Waals surface area contributed by atoms with Gasteiger partial charge in [0, 0.05) is 37.5 Å². The first-order valence-electron chi connectivity index (χ1n) is 15.9. The van der Waals surface area contributed by atoms with Crippen LogP contribution in [0.2, 0.25) is 0 Å². The Morgan fingerprint density at radius 1 is 1.04 bits per heavy atom. The normalized spacial score (nSPS) is 24.2. The van der Waals surface area contributed by atoms with Crippen molar-refractivity contribution in [3.8, 4) is 11.5 Å². The summed E-state index contributed by atoms with van der Waals surface area (Å²) in [5.41, 5.74) is 1.16. The van der Waals surface area contributed by atoms with Crippen molar-refractivity contribution in [1.82, 2.24) is 9.21 Å². The van der Waals surface area contributed by atoms with Crippen LogP contribution in [0.3, 0.4) is 0 Å². The molecule has 11 heteroatoms. The Balaban J connectivity index is 1.37. The molecule has 246 valence electrons. The van der Waals surface area contributed by atoms with E-state index in [1.165, 1.54) is 16.1 Å². The van der Waals surface area contributed by atoms with E-state index in [-0.39, 0.29) is 29.6 Å². The zero-order chi connectivity index (χ0) is 32.6. The molecule has 1 aliphatic carbocycles. The second-order valence-corrected chi connectivity index (χ2v) is 16.6. The minimum Gasteiger partial charge on any atom is -0.508 e. The van der Waals surface area contributed by atoms with Crippen LogP contribution in [0.25, 0.3) is 0 Å². The van der Waals surface area contributed by atoms with Gasteiger partial charge < -0.3 is 18.9 Å². The predicted molar refractivity (Wildman–Crippen MR) is 175 cm³/mol. The number of phenols is 1. The molecule has 2 atom stereocenters. The van der Waals surface area contributed by atoms with E-state index in [1.54, 1.807) is 25.1 Å². The van der Waals surface area contributed by atoms with Crippen molar-refractivity contribution in [2.45, 2.75) is 93.8 Å². The Bertz CT molecular complexity index is 1490. The van der Waals surface area contributed by atoms with Crippen molar-refractivity contribution in [1.29, 1.82) is 0 Å². The maximum absolute atomic E-state index is 13.9. The smallest absolute Gasteiger partial charge is 0.385 e. The number of thioether (sulfide) groups is 1. The molecule has 2 aliphatic heterocycles. The van der Waals surface area contributed by atoms with Crippen molar-refractivity contribution in [2.24, 2.45) is 5.92 Å². The SMILES string of the molecule is Cc1cc(SC2C(=O)CC(CCc3ccc(O)cc3)(C3CCCC3)OC2=O)c(C(C)(C)C)cc1OS(=O)(=O)N1CCN(C)CC1. The fraction of sp³-hybridized carbons (Fsp3) is 0.588. The topological polar surface area (TPSA) is 113 Å². The molecule has 0 amide bonds. The Kier molecular flexibility index (Phi) is 9.94. The summed E-state index contributed by atoms with van der Waals surface area (Å²) in [5.74, 6) is -0.0621. The third-order valence-electron chi connectivity index (χ3n) is 9.46. The summed E-state index contributed by atoms with van der Waals surface area (Å²) in [5, 5.41) is 8.67. The Labute approximate surface area is 271 Å². The maximum Gasteiger partial charge on any atom is 0.385 e. The van der Waals surface area contributed by atoms with Gasteiger partial charge in [0.2, 0.25) is 0 Å². The van der Waals surface area contributed by atoms with Gasteiger partial charge in [-0.2, -0.15) is 12.7 Å². The molecule has 2 saturated heterocycles. The predicted octanol–water partition coefficient (Wildman–Crippen LogP) is 5.41. The third kappa shape index (κ3) is 7.69. The van der Waals surface area contributed by atoms with Crippen LogP contribution in [-0.4, -0.2) is 78.6 Å². The van der Waals surface area contributed by atoms with Gasteiger partial charge in [-0.15, -0.1) is 11.8 Å². The summed E-state index contributed by atoms with van der Waals surface area (Å²) in [6, 6.07) is 10.6. The highest BCUT2D eigenvalue weighted by Crippen LogP contribution is 2.47. The molecule has 0 radical (unpaired) electrons. The number of aryl methyl sites for hydroxylation is 2. The van der Waals surface area contributed by atoms with Crippen molar-refractivity contribution < 1.29 is 32.0 Å². The molecule has 0 spiro atoms. The molecule has 45 heavy (non-hydrogen) atoms. The number of ether oxygens (including phenoxy) is 1. The Hall–Kier alpha value is -2.60. The minimum atomic E-state index is -3.99. The van der Waals surface area contributed by atoms with E-state index < -0.39 is 32.5 Å². The molecular weight excluding hydrogens is 613 g/mol. The van der Waals surface area contributed by atoms with Crippen LogP contribution in [0.15, 0.2) is 41.3 Å². The number of hydrogen-bond donors (Lipinski definition) is 1. The monoisotopic (exact) mass is 658 g/mol. The lowest BCUT2D eigenvalue weighted by Gasteiger charge is -2.43. The fourth-order valence-electron chi connectivity index (χ4n) is 6.70. The van der Waals surface area contributed by atoms with E-state index in [2.05, 4.69) is 4.90 Å². The number of carbonyl (C=O) groups excluding carboxylic acids is 2. The van der Waals surface area contributed by atoms with Crippen LogP contribution < -0.4 is 4.18 Å². The largest absolute Gasteiger partial charge is 0.508 e. The number of rotatable bonds is 9. The number of phenolic OH excluding ortho intramolecular Hbond substituents is 1. The fourth-order valence-corrected chi connectivity index (χ4v) is 9.18. The summed E-state index contributed by atoms with van der Waals surface area (Å²) in [4.78, 5) is 30.4. The molecule has 3 aliphatic rings. The lowest BCUT2D eigenvalue weighted by atomic mass is 9.76. The maximum atomic E-state index is 13.9. The lowest BCUT2D eigenvalue weighted by Crippen LogP contribution is -2.53. The van der Waals surface area contributed by atoms with Gasteiger partial charge in [-0.05, 0) is 91.9 Å². The van der Waals surface area contributed by atoms with Gasteiger partial charge in [0.1, 0.15) is 17.1 Å². The molecule has 2 unspecified atom stereocenters. The minimum absolute atomic E-state index is 0.135.